The van der Waals surface area contributed by atoms with Gasteiger partial charge in [0.05, 0.1) is 0 Å². The highest BCUT2D eigenvalue weighted by molar-refractivity contribution is 5.87. The van der Waals surface area contributed by atoms with E-state index in [1.807, 2.05) is 11.0 Å². The van der Waals surface area contributed by atoms with Gasteiger partial charge >= 0.3 is 0 Å². The van der Waals surface area contributed by atoms with Crippen LogP contribution in [0.3, 0.4) is 0 Å². The molecule has 0 radical (unpaired) electrons. The number of piperazine rings is 1. The number of carbonyl (C=O) groups is 1. The minimum Gasteiger partial charge on any atom is -0.337 e. The van der Waals surface area contributed by atoms with Crippen LogP contribution in [0.2, 0.25) is 0 Å². The summed E-state index contributed by atoms with van der Waals surface area (Å²) in [6, 6.07) is 0.791. The van der Waals surface area contributed by atoms with Crippen LogP contribution >= 0.6 is 0 Å². The molecule has 132 valence electrons. The van der Waals surface area contributed by atoms with E-state index >= 15 is 0 Å². The second kappa shape index (κ2) is 10.9. The summed E-state index contributed by atoms with van der Waals surface area (Å²) < 4.78 is 0. The van der Waals surface area contributed by atoms with Crippen molar-refractivity contribution in [3.05, 3.63) is 12.2 Å². The minimum absolute atomic E-state index is 0.224. The summed E-state index contributed by atoms with van der Waals surface area (Å²) in [4.78, 5) is 16.9. The maximum atomic E-state index is 12.2. The average molecular weight is 321 g/mol. The molecule has 1 saturated heterocycles. The summed E-state index contributed by atoms with van der Waals surface area (Å²) in [5.74, 6) is 0.224. The molecule has 1 amide bonds. The van der Waals surface area contributed by atoms with E-state index < -0.39 is 0 Å². The second-order valence-electron chi connectivity index (χ2n) is 7.26. The van der Waals surface area contributed by atoms with E-state index in [1.54, 1.807) is 0 Å². The third kappa shape index (κ3) is 6.66. The van der Waals surface area contributed by atoms with Crippen molar-refractivity contribution in [3.63, 3.8) is 0 Å². The maximum Gasteiger partial charge on any atom is 0.246 e. The Balaban J connectivity index is 1.59. The molecule has 0 aromatic rings. The molecular formula is C20H36N2O. The Kier molecular flexibility index (Phi) is 8.73. The van der Waals surface area contributed by atoms with Crippen molar-refractivity contribution in [2.45, 2.75) is 83.6 Å². The summed E-state index contributed by atoms with van der Waals surface area (Å²) in [6.07, 6.45) is 18.4. The molecule has 1 heterocycles. The van der Waals surface area contributed by atoms with Crippen LogP contribution in [0.25, 0.3) is 0 Å². The van der Waals surface area contributed by atoms with Crippen LogP contribution in [0.15, 0.2) is 12.2 Å². The first-order valence-corrected chi connectivity index (χ1v) is 10.0. The summed E-state index contributed by atoms with van der Waals surface area (Å²) >= 11 is 0. The van der Waals surface area contributed by atoms with Gasteiger partial charge in [-0.05, 0) is 31.8 Å². The topological polar surface area (TPSA) is 23.6 Å². The van der Waals surface area contributed by atoms with Crippen LogP contribution < -0.4 is 0 Å². The fraction of sp³-hybridized carbons (Fsp3) is 0.850. The average Bonchev–Trinajstić information content (AvgIpc) is 2.61. The van der Waals surface area contributed by atoms with Crippen molar-refractivity contribution >= 4 is 5.91 Å². The third-order valence-corrected chi connectivity index (χ3v) is 5.45. The van der Waals surface area contributed by atoms with Crippen molar-refractivity contribution in [2.24, 2.45) is 0 Å². The van der Waals surface area contributed by atoms with Crippen molar-refractivity contribution in [2.75, 3.05) is 26.2 Å². The first-order chi connectivity index (χ1) is 11.3. The molecule has 0 aromatic carbocycles. The van der Waals surface area contributed by atoms with Crippen LogP contribution in [-0.4, -0.2) is 47.9 Å². The largest absolute Gasteiger partial charge is 0.337 e. The standard InChI is InChI=1S/C20H36N2O/c1-2-3-4-5-6-7-11-14-20(23)22-17-15-21(16-18-22)19-12-9-8-10-13-19/h11,14,19H,2-10,12-13,15-18H2,1H3. The van der Waals surface area contributed by atoms with E-state index in [-0.39, 0.29) is 5.91 Å². The fourth-order valence-corrected chi connectivity index (χ4v) is 3.91. The van der Waals surface area contributed by atoms with Crippen LogP contribution in [0, 0.1) is 0 Å². The monoisotopic (exact) mass is 320 g/mol. The molecule has 0 unspecified atom stereocenters. The molecule has 2 aliphatic rings. The van der Waals surface area contributed by atoms with Crippen LogP contribution in [-0.2, 0) is 4.79 Å². The van der Waals surface area contributed by atoms with Gasteiger partial charge in [-0.15, -0.1) is 0 Å². The SMILES string of the molecule is CCCCCCCC=CC(=O)N1CCN(C2CCCCC2)CC1. The van der Waals surface area contributed by atoms with Gasteiger partial charge in [0.25, 0.3) is 0 Å². The van der Waals surface area contributed by atoms with Gasteiger partial charge in [-0.2, -0.15) is 0 Å². The fourth-order valence-electron chi connectivity index (χ4n) is 3.91. The molecule has 2 fully saturated rings. The van der Waals surface area contributed by atoms with E-state index in [9.17, 15) is 4.79 Å². The number of hydrogen-bond donors (Lipinski definition) is 0. The van der Waals surface area contributed by atoms with E-state index in [0.29, 0.717) is 0 Å². The van der Waals surface area contributed by atoms with Crippen molar-refractivity contribution < 1.29 is 4.79 Å². The van der Waals surface area contributed by atoms with Gasteiger partial charge in [-0.3, -0.25) is 9.69 Å². The minimum atomic E-state index is 0.224. The molecule has 0 atom stereocenters. The lowest BCUT2D eigenvalue weighted by molar-refractivity contribution is -0.128. The molecule has 1 saturated carbocycles. The van der Waals surface area contributed by atoms with Gasteiger partial charge in [0.15, 0.2) is 0 Å². The molecule has 1 aliphatic heterocycles. The number of unbranched alkanes of at least 4 members (excludes halogenated alkanes) is 5. The first kappa shape index (κ1) is 18.5. The van der Waals surface area contributed by atoms with Crippen molar-refractivity contribution in [1.29, 1.82) is 0 Å². The highest BCUT2D eigenvalue weighted by atomic mass is 16.2. The molecule has 0 aromatic heterocycles. The molecule has 0 N–H and O–H groups in total. The Hall–Kier alpha value is -0.830. The Morgan fingerprint density at radius 1 is 0.957 bits per heavy atom. The highest BCUT2D eigenvalue weighted by Crippen LogP contribution is 2.23. The molecule has 23 heavy (non-hydrogen) atoms. The van der Waals surface area contributed by atoms with Gasteiger partial charge in [0.2, 0.25) is 5.91 Å². The quantitative estimate of drug-likeness (QED) is 0.489. The summed E-state index contributed by atoms with van der Waals surface area (Å²) in [5.41, 5.74) is 0. The van der Waals surface area contributed by atoms with Crippen LogP contribution in [0.4, 0.5) is 0 Å². The van der Waals surface area contributed by atoms with Gasteiger partial charge < -0.3 is 4.90 Å². The molecule has 3 nitrogen and oxygen atoms in total. The molecule has 0 spiro atoms. The number of nitrogens with zero attached hydrogens (tertiary/aromatic N) is 2. The van der Waals surface area contributed by atoms with Crippen LogP contribution in [0.1, 0.15) is 77.6 Å². The maximum absolute atomic E-state index is 12.2. The molecule has 0 bridgehead atoms. The predicted molar refractivity (Wildman–Crippen MR) is 97.5 cm³/mol. The molecule has 1 aliphatic carbocycles. The smallest absolute Gasteiger partial charge is 0.246 e. The molecule has 3 heteroatoms. The number of rotatable bonds is 8. The number of carbonyl (C=O) groups excluding carboxylic acids is 1. The predicted octanol–water partition coefficient (Wildman–Crippen LogP) is 4.38. The number of allylic oxidation sites excluding steroid dienone is 1. The second-order valence-corrected chi connectivity index (χ2v) is 7.26. The van der Waals surface area contributed by atoms with Crippen molar-refractivity contribution in [3.8, 4) is 0 Å². The van der Waals surface area contributed by atoms with E-state index in [2.05, 4.69) is 17.9 Å². The zero-order chi connectivity index (χ0) is 16.3. The Morgan fingerprint density at radius 3 is 2.35 bits per heavy atom. The lowest BCUT2D eigenvalue weighted by atomic mass is 9.94. The zero-order valence-corrected chi connectivity index (χ0v) is 15.1. The Labute approximate surface area is 143 Å². The summed E-state index contributed by atoms with van der Waals surface area (Å²) in [7, 11) is 0. The molecular weight excluding hydrogens is 284 g/mol. The van der Waals surface area contributed by atoms with Crippen LogP contribution in [0.5, 0.6) is 0 Å². The Morgan fingerprint density at radius 2 is 1.65 bits per heavy atom. The van der Waals surface area contributed by atoms with E-state index in [4.69, 9.17) is 0 Å². The van der Waals surface area contributed by atoms with Gasteiger partial charge in [-0.25, -0.2) is 0 Å². The highest BCUT2D eigenvalue weighted by Gasteiger charge is 2.26. The molecule has 2 rings (SSSR count). The van der Waals surface area contributed by atoms with E-state index in [0.717, 1.165) is 38.6 Å². The van der Waals surface area contributed by atoms with E-state index in [1.165, 1.54) is 64.2 Å². The normalized spacial score (nSPS) is 21.2. The zero-order valence-electron chi connectivity index (χ0n) is 15.1. The van der Waals surface area contributed by atoms with Gasteiger partial charge in [0, 0.05) is 32.2 Å². The summed E-state index contributed by atoms with van der Waals surface area (Å²) in [5, 5.41) is 0. The lowest BCUT2D eigenvalue weighted by Crippen LogP contribution is -2.52. The number of hydrogen-bond acceptors (Lipinski definition) is 2. The third-order valence-electron chi connectivity index (χ3n) is 5.45. The lowest BCUT2D eigenvalue weighted by Gasteiger charge is -2.40. The van der Waals surface area contributed by atoms with Gasteiger partial charge in [0.1, 0.15) is 0 Å². The Bertz CT molecular complexity index is 353. The first-order valence-electron chi connectivity index (χ1n) is 10.0. The van der Waals surface area contributed by atoms with Gasteiger partial charge in [-0.1, -0.05) is 57.9 Å². The summed E-state index contributed by atoms with van der Waals surface area (Å²) in [6.45, 7) is 6.21. The van der Waals surface area contributed by atoms with Crippen molar-refractivity contribution in [1.82, 2.24) is 9.80 Å². The number of amides is 1.